The summed E-state index contributed by atoms with van der Waals surface area (Å²) >= 11 is 0. The highest BCUT2D eigenvalue weighted by molar-refractivity contribution is 6.04. The molecule has 0 spiro atoms. The molecule has 6 nitrogen and oxygen atoms in total. The molecule has 0 unspecified atom stereocenters. The molecule has 1 aliphatic heterocycles. The normalized spacial score (nSPS) is 16.8. The third-order valence-electron chi connectivity index (χ3n) is 5.18. The molecular formula is C20H23N3O3. The first-order chi connectivity index (χ1) is 12.7. The molecule has 1 aromatic carbocycles. The van der Waals surface area contributed by atoms with Crippen LogP contribution in [0.1, 0.15) is 64.3 Å². The van der Waals surface area contributed by atoms with Crippen molar-refractivity contribution in [2.45, 2.75) is 44.9 Å². The van der Waals surface area contributed by atoms with Gasteiger partial charge in [-0.05, 0) is 50.3 Å². The second-order valence-electron chi connectivity index (χ2n) is 7.03. The summed E-state index contributed by atoms with van der Waals surface area (Å²) in [6.07, 6.45) is 7.05. The van der Waals surface area contributed by atoms with E-state index < -0.39 is 0 Å². The summed E-state index contributed by atoms with van der Waals surface area (Å²) in [4.78, 5) is 27.1. The molecule has 0 saturated carbocycles. The molecule has 0 radical (unpaired) electrons. The van der Waals surface area contributed by atoms with Crippen LogP contribution in [0.2, 0.25) is 0 Å². The zero-order valence-electron chi connectivity index (χ0n) is 14.8. The Labute approximate surface area is 152 Å². The highest BCUT2D eigenvalue weighted by Crippen LogP contribution is 2.24. The fourth-order valence-corrected chi connectivity index (χ4v) is 3.76. The van der Waals surface area contributed by atoms with Gasteiger partial charge in [-0.1, -0.05) is 17.6 Å². The summed E-state index contributed by atoms with van der Waals surface area (Å²) in [5.41, 5.74) is 2.51. The lowest BCUT2D eigenvalue weighted by Crippen LogP contribution is -2.27. The van der Waals surface area contributed by atoms with Crippen molar-refractivity contribution in [2.24, 2.45) is 0 Å². The van der Waals surface area contributed by atoms with E-state index in [9.17, 15) is 9.59 Å². The number of hydrogen-bond acceptors (Lipinski definition) is 4. The van der Waals surface area contributed by atoms with Gasteiger partial charge in [0.25, 0.3) is 11.8 Å². The van der Waals surface area contributed by atoms with E-state index in [1.165, 1.54) is 0 Å². The zero-order chi connectivity index (χ0) is 17.9. The van der Waals surface area contributed by atoms with Crippen molar-refractivity contribution in [1.29, 1.82) is 0 Å². The van der Waals surface area contributed by atoms with E-state index in [0.29, 0.717) is 16.9 Å². The second-order valence-corrected chi connectivity index (χ2v) is 7.03. The van der Waals surface area contributed by atoms with Crippen LogP contribution in [0.3, 0.4) is 0 Å². The number of aryl methyl sites for hydroxylation is 1. The van der Waals surface area contributed by atoms with Crippen molar-refractivity contribution in [3.8, 4) is 0 Å². The zero-order valence-corrected chi connectivity index (χ0v) is 14.8. The lowest BCUT2D eigenvalue weighted by molar-refractivity contribution is 0.0792. The van der Waals surface area contributed by atoms with Gasteiger partial charge in [-0.2, -0.15) is 0 Å². The van der Waals surface area contributed by atoms with Crippen LogP contribution in [0.4, 0.5) is 5.69 Å². The third-order valence-corrected chi connectivity index (χ3v) is 5.18. The number of hydrogen-bond donors (Lipinski definition) is 1. The molecule has 1 fully saturated rings. The first-order valence-corrected chi connectivity index (χ1v) is 9.40. The van der Waals surface area contributed by atoms with Gasteiger partial charge in [-0.3, -0.25) is 9.59 Å². The van der Waals surface area contributed by atoms with Gasteiger partial charge in [-0.25, -0.2) is 0 Å². The molecule has 1 N–H and O–H groups in total. The Morgan fingerprint density at radius 3 is 2.69 bits per heavy atom. The van der Waals surface area contributed by atoms with Gasteiger partial charge in [0.2, 0.25) is 0 Å². The smallest absolute Gasteiger partial charge is 0.278 e. The Hall–Kier alpha value is -2.63. The minimum Gasteiger partial charge on any atom is -0.360 e. The number of benzene rings is 1. The highest BCUT2D eigenvalue weighted by Gasteiger charge is 2.24. The van der Waals surface area contributed by atoms with Crippen molar-refractivity contribution in [3.63, 3.8) is 0 Å². The number of fused-ring (bicyclic) bond motifs is 1. The summed E-state index contributed by atoms with van der Waals surface area (Å²) in [5.74, 6) is 0.585. The van der Waals surface area contributed by atoms with Crippen LogP contribution >= 0.6 is 0 Å². The maximum absolute atomic E-state index is 12.7. The van der Waals surface area contributed by atoms with Crippen molar-refractivity contribution >= 4 is 17.5 Å². The van der Waals surface area contributed by atoms with Crippen LogP contribution < -0.4 is 5.32 Å². The van der Waals surface area contributed by atoms with Gasteiger partial charge in [0, 0.05) is 36.3 Å². The highest BCUT2D eigenvalue weighted by atomic mass is 16.5. The molecule has 136 valence electrons. The lowest BCUT2D eigenvalue weighted by atomic mass is 10.1. The van der Waals surface area contributed by atoms with Gasteiger partial charge in [0.05, 0.1) is 0 Å². The second kappa shape index (κ2) is 7.32. The number of likely N-dealkylation sites (tertiary alicyclic amines) is 1. The molecule has 1 saturated heterocycles. The quantitative estimate of drug-likeness (QED) is 0.858. The number of nitrogens with one attached hydrogen (secondary N) is 1. The van der Waals surface area contributed by atoms with Gasteiger partial charge >= 0.3 is 0 Å². The number of amides is 2. The molecule has 6 heteroatoms. The number of nitrogens with zero attached hydrogens (tertiary/aromatic N) is 2. The largest absolute Gasteiger partial charge is 0.360 e. The summed E-state index contributed by atoms with van der Waals surface area (Å²) in [7, 11) is 0. The van der Waals surface area contributed by atoms with Crippen molar-refractivity contribution in [1.82, 2.24) is 10.1 Å². The van der Waals surface area contributed by atoms with Crippen LogP contribution in [-0.2, 0) is 12.8 Å². The molecule has 2 aromatic rings. The standard InChI is InChI=1S/C20H23N3O3/c24-19(18-16-9-2-1-3-10-17(16)26-22-18)21-15-8-6-7-14(13-15)20(25)23-11-4-5-12-23/h6-8,13H,1-5,9-12H2,(H,21,24). The Bertz CT molecular complexity index is 821. The average Bonchev–Trinajstić information content (AvgIpc) is 3.27. The SMILES string of the molecule is O=C(Nc1cccc(C(=O)N2CCCC2)c1)c1noc2c1CCCCC2. The number of carbonyl (C=O) groups is 2. The molecule has 1 aromatic heterocycles. The molecular weight excluding hydrogens is 330 g/mol. The van der Waals surface area contributed by atoms with E-state index in [1.54, 1.807) is 24.3 Å². The van der Waals surface area contributed by atoms with Gasteiger partial charge < -0.3 is 14.7 Å². The number of rotatable bonds is 3. The molecule has 2 amide bonds. The molecule has 26 heavy (non-hydrogen) atoms. The van der Waals surface area contributed by atoms with Crippen molar-refractivity contribution in [3.05, 3.63) is 46.8 Å². The monoisotopic (exact) mass is 353 g/mol. The maximum atomic E-state index is 12.7. The van der Waals surface area contributed by atoms with E-state index in [4.69, 9.17) is 4.52 Å². The predicted molar refractivity (Wildman–Crippen MR) is 97.3 cm³/mol. The van der Waals surface area contributed by atoms with E-state index in [1.807, 2.05) is 4.90 Å². The molecule has 4 rings (SSSR count). The summed E-state index contributed by atoms with van der Waals surface area (Å²) in [6.45, 7) is 1.61. The number of aromatic nitrogens is 1. The summed E-state index contributed by atoms with van der Waals surface area (Å²) in [5, 5.41) is 6.86. The molecule has 0 bridgehead atoms. The Morgan fingerprint density at radius 2 is 1.85 bits per heavy atom. The predicted octanol–water partition coefficient (Wildman–Crippen LogP) is 3.43. The minimum atomic E-state index is -0.275. The van der Waals surface area contributed by atoms with Crippen molar-refractivity contribution < 1.29 is 14.1 Å². The fourth-order valence-electron chi connectivity index (χ4n) is 3.76. The van der Waals surface area contributed by atoms with Gasteiger partial charge in [0.15, 0.2) is 5.69 Å². The third kappa shape index (κ3) is 3.36. The minimum absolute atomic E-state index is 0.0221. The Morgan fingerprint density at radius 1 is 1.04 bits per heavy atom. The van der Waals surface area contributed by atoms with E-state index >= 15 is 0 Å². The molecule has 0 atom stereocenters. The average molecular weight is 353 g/mol. The first kappa shape index (κ1) is 16.8. The number of carbonyl (C=O) groups excluding carboxylic acids is 2. The van der Waals surface area contributed by atoms with Crippen LogP contribution in [0.15, 0.2) is 28.8 Å². The topological polar surface area (TPSA) is 75.4 Å². The van der Waals surface area contributed by atoms with E-state index in [0.717, 1.165) is 69.4 Å². The maximum Gasteiger partial charge on any atom is 0.278 e. The first-order valence-electron chi connectivity index (χ1n) is 9.40. The van der Waals surface area contributed by atoms with E-state index in [2.05, 4.69) is 10.5 Å². The van der Waals surface area contributed by atoms with Crippen LogP contribution in [-0.4, -0.2) is 35.0 Å². The van der Waals surface area contributed by atoms with Crippen molar-refractivity contribution in [2.75, 3.05) is 18.4 Å². The van der Waals surface area contributed by atoms with E-state index in [-0.39, 0.29) is 11.8 Å². The van der Waals surface area contributed by atoms with Gasteiger partial charge in [-0.15, -0.1) is 0 Å². The van der Waals surface area contributed by atoms with Crippen LogP contribution in [0.5, 0.6) is 0 Å². The number of anilines is 1. The van der Waals surface area contributed by atoms with Gasteiger partial charge in [0.1, 0.15) is 5.76 Å². The molecule has 2 aliphatic rings. The fraction of sp³-hybridized carbons (Fsp3) is 0.450. The summed E-state index contributed by atoms with van der Waals surface area (Å²) < 4.78 is 5.38. The Kier molecular flexibility index (Phi) is 4.73. The van der Waals surface area contributed by atoms with Crippen LogP contribution in [0, 0.1) is 0 Å². The molecule has 2 heterocycles. The Balaban J connectivity index is 1.51. The lowest BCUT2D eigenvalue weighted by Gasteiger charge is -2.15. The summed E-state index contributed by atoms with van der Waals surface area (Å²) in [6, 6.07) is 7.11. The van der Waals surface area contributed by atoms with Crippen LogP contribution in [0.25, 0.3) is 0 Å². The molecule has 1 aliphatic carbocycles.